The van der Waals surface area contributed by atoms with Crippen LogP contribution in [0.1, 0.15) is 31.9 Å². The zero-order chi connectivity index (χ0) is 13.6. The fourth-order valence-corrected chi connectivity index (χ4v) is 1.46. The second-order valence-corrected chi connectivity index (χ2v) is 4.95. The summed E-state index contributed by atoms with van der Waals surface area (Å²) in [6.07, 6.45) is 0.181. The van der Waals surface area contributed by atoms with Crippen molar-refractivity contribution in [3.63, 3.8) is 0 Å². The number of carbonyl (C=O) groups excluding carboxylic acids is 1. The molecule has 0 aromatic heterocycles. The standard InChI is InChI=1S/C14H18N2O2/c1-14(2,3)18-13(17)16-9-8-11-6-4-5-7-12(11)10-15/h4-7H,8-9H2,1-3H3,(H,16,17). The van der Waals surface area contributed by atoms with Gasteiger partial charge in [-0.1, -0.05) is 18.2 Å². The van der Waals surface area contributed by atoms with Crippen LogP contribution in [0.5, 0.6) is 0 Å². The molecule has 0 aliphatic rings. The summed E-state index contributed by atoms with van der Waals surface area (Å²) >= 11 is 0. The highest BCUT2D eigenvalue weighted by Gasteiger charge is 2.15. The molecule has 0 spiro atoms. The SMILES string of the molecule is CC(C)(C)OC(=O)NCCc1ccccc1C#N. The average Bonchev–Trinajstić information content (AvgIpc) is 2.27. The molecule has 1 aromatic carbocycles. The third kappa shape index (κ3) is 4.88. The van der Waals surface area contributed by atoms with Gasteiger partial charge < -0.3 is 10.1 Å². The van der Waals surface area contributed by atoms with Gasteiger partial charge in [0.2, 0.25) is 0 Å². The number of nitrogens with zero attached hydrogens (tertiary/aromatic N) is 1. The Morgan fingerprint density at radius 2 is 2.06 bits per heavy atom. The van der Waals surface area contributed by atoms with E-state index < -0.39 is 11.7 Å². The van der Waals surface area contributed by atoms with E-state index >= 15 is 0 Å². The van der Waals surface area contributed by atoms with Gasteiger partial charge in [-0.25, -0.2) is 4.79 Å². The van der Waals surface area contributed by atoms with Crippen LogP contribution in [0, 0.1) is 11.3 Å². The predicted molar refractivity (Wildman–Crippen MR) is 69.1 cm³/mol. The van der Waals surface area contributed by atoms with Crippen molar-refractivity contribution in [2.45, 2.75) is 32.8 Å². The number of ether oxygens (including phenoxy) is 1. The molecule has 4 nitrogen and oxygen atoms in total. The Labute approximate surface area is 108 Å². The predicted octanol–water partition coefficient (Wildman–Crippen LogP) is 2.63. The van der Waals surface area contributed by atoms with E-state index in [-0.39, 0.29) is 0 Å². The molecule has 1 rings (SSSR count). The van der Waals surface area contributed by atoms with Crippen molar-refractivity contribution in [3.05, 3.63) is 35.4 Å². The fraction of sp³-hybridized carbons (Fsp3) is 0.429. The molecule has 0 saturated carbocycles. The van der Waals surface area contributed by atoms with E-state index in [0.29, 0.717) is 18.5 Å². The minimum absolute atomic E-state index is 0.433. The maximum absolute atomic E-state index is 11.4. The molecule has 1 N–H and O–H groups in total. The van der Waals surface area contributed by atoms with Crippen LogP contribution in [0.3, 0.4) is 0 Å². The van der Waals surface area contributed by atoms with Gasteiger partial charge in [-0.05, 0) is 38.8 Å². The van der Waals surface area contributed by atoms with Crippen LogP contribution in [0.2, 0.25) is 0 Å². The average molecular weight is 246 g/mol. The van der Waals surface area contributed by atoms with Crippen LogP contribution in [-0.2, 0) is 11.2 Å². The Morgan fingerprint density at radius 1 is 1.39 bits per heavy atom. The smallest absolute Gasteiger partial charge is 0.407 e. The molecule has 0 aliphatic carbocycles. The Balaban J connectivity index is 2.43. The Morgan fingerprint density at radius 3 is 2.67 bits per heavy atom. The Kier molecular flexibility index (Phi) is 4.73. The first kappa shape index (κ1) is 14.0. The molecule has 0 unspecified atom stereocenters. The summed E-state index contributed by atoms with van der Waals surface area (Å²) in [6.45, 7) is 5.90. The zero-order valence-electron chi connectivity index (χ0n) is 11.0. The number of rotatable bonds is 3. The van der Waals surface area contributed by atoms with E-state index in [2.05, 4.69) is 11.4 Å². The summed E-state index contributed by atoms with van der Waals surface area (Å²) in [4.78, 5) is 11.4. The first-order valence-corrected chi connectivity index (χ1v) is 5.87. The van der Waals surface area contributed by atoms with Gasteiger partial charge in [0.15, 0.2) is 0 Å². The molecule has 4 heteroatoms. The van der Waals surface area contributed by atoms with Crippen molar-refractivity contribution in [2.75, 3.05) is 6.54 Å². The number of alkyl carbamates (subject to hydrolysis) is 1. The van der Waals surface area contributed by atoms with E-state index in [1.165, 1.54) is 0 Å². The lowest BCUT2D eigenvalue weighted by atomic mass is 10.1. The van der Waals surface area contributed by atoms with Crippen molar-refractivity contribution in [3.8, 4) is 6.07 Å². The van der Waals surface area contributed by atoms with Crippen molar-refractivity contribution < 1.29 is 9.53 Å². The highest BCUT2D eigenvalue weighted by atomic mass is 16.6. The van der Waals surface area contributed by atoms with Crippen LogP contribution in [-0.4, -0.2) is 18.2 Å². The second-order valence-electron chi connectivity index (χ2n) is 4.95. The molecule has 1 amide bonds. The topological polar surface area (TPSA) is 62.1 Å². The number of amides is 1. The number of nitrogens with one attached hydrogen (secondary N) is 1. The van der Waals surface area contributed by atoms with Gasteiger partial charge >= 0.3 is 6.09 Å². The van der Waals surface area contributed by atoms with Crippen molar-refractivity contribution >= 4 is 6.09 Å². The van der Waals surface area contributed by atoms with Crippen molar-refractivity contribution in [1.82, 2.24) is 5.32 Å². The van der Waals surface area contributed by atoms with Crippen LogP contribution < -0.4 is 5.32 Å². The molecule has 0 bridgehead atoms. The van der Waals surface area contributed by atoms with E-state index in [1.54, 1.807) is 6.07 Å². The highest BCUT2D eigenvalue weighted by Crippen LogP contribution is 2.08. The molecule has 0 fully saturated rings. The van der Waals surface area contributed by atoms with Gasteiger partial charge in [-0.2, -0.15) is 5.26 Å². The van der Waals surface area contributed by atoms with E-state index in [4.69, 9.17) is 10.00 Å². The normalized spacial score (nSPS) is 10.6. The molecule has 0 heterocycles. The van der Waals surface area contributed by atoms with Gasteiger partial charge in [-0.3, -0.25) is 0 Å². The van der Waals surface area contributed by atoms with Gasteiger partial charge in [0.1, 0.15) is 5.60 Å². The minimum atomic E-state index is -0.491. The number of nitriles is 1. The van der Waals surface area contributed by atoms with Crippen LogP contribution >= 0.6 is 0 Å². The lowest BCUT2D eigenvalue weighted by Gasteiger charge is -2.19. The summed E-state index contributed by atoms with van der Waals surface area (Å²) in [5, 5.41) is 11.6. The van der Waals surface area contributed by atoms with Gasteiger partial charge in [0, 0.05) is 6.54 Å². The molecule has 1 aromatic rings. The van der Waals surface area contributed by atoms with Crippen molar-refractivity contribution in [1.29, 1.82) is 5.26 Å². The zero-order valence-corrected chi connectivity index (χ0v) is 11.0. The number of carbonyl (C=O) groups is 1. The third-order valence-corrected chi connectivity index (χ3v) is 2.20. The van der Waals surface area contributed by atoms with Gasteiger partial charge in [-0.15, -0.1) is 0 Å². The summed E-state index contributed by atoms with van der Waals surface area (Å²) < 4.78 is 5.12. The van der Waals surface area contributed by atoms with Crippen LogP contribution in [0.15, 0.2) is 24.3 Å². The summed E-state index contributed by atoms with van der Waals surface area (Å²) in [5.41, 5.74) is 1.08. The molecule has 96 valence electrons. The second kappa shape index (κ2) is 6.06. The summed E-state index contributed by atoms with van der Waals surface area (Å²) in [6, 6.07) is 9.48. The quantitative estimate of drug-likeness (QED) is 0.891. The first-order valence-electron chi connectivity index (χ1n) is 5.87. The Bertz CT molecular complexity index is 456. The van der Waals surface area contributed by atoms with E-state index in [0.717, 1.165) is 5.56 Å². The molecule has 0 radical (unpaired) electrons. The maximum Gasteiger partial charge on any atom is 0.407 e. The summed E-state index contributed by atoms with van der Waals surface area (Å²) in [5.74, 6) is 0. The lowest BCUT2D eigenvalue weighted by molar-refractivity contribution is 0.0528. The number of hydrogen-bond donors (Lipinski definition) is 1. The van der Waals surface area contributed by atoms with Gasteiger partial charge in [0.05, 0.1) is 11.6 Å². The maximum atomic E-state index is 11.4. The monoisotopic (exact) mass is 246 g/mol. The van der Waals surface area contributed by atoms with Crippen molar-refractivity contribution in [2.24, 2.45) is 0 Å². The highest BCUT2D eigenvalue weighted by molar-refractivity contribution is 5.67. The van der Waals surface area contributed by atoms with E-state index in [9.17, 15) is 4.79 Å². The molecule has 0 aliphatic heterocycles. The lowest BCUT2D eigenvalue weighted by Crippen LogP contribution is -2.33. The van der Waals surface area contributed by atoms with E-state index in [1.807, 2.05) is 39.0 Å². The number of benzene rings is 1. The minimum Gasteiger partial charge on any atom is -0.444 e. The molecular formula is C14H18N2O2. The molecular weight excluding hydrogens is 228 g/mol. The largest absolute Gasteiger partial charge is 0.444 e. The molecule has 18 heavy (non-hydrogen) atoms. The van der Waals surface area contributed by atoms with Crippen LogP contribution in [0.4, 0.5) is 4.79 Å². The van der Waals surface area contributed by atoms with Gasteiger partial charge in [0.25, 0.3) is 0 Å². The fourth-order valence-electron chi connectivity index (χ4n) is 1.46. The Hall–Kier alpha value is -2.02. The third-order valence-electron chi connectivity index (χ3n) is 2.20. The summed E-state index contributed by atoms with van der Waals surface area (Å²) in [7, 11) is 0. The first-order chi connectivity index (χ1) is 8.42. The molecule has 0 saturated heterocycles. The van der Waals surface area contributed by atoms with Crippen LogP contribution in [0.25, 0.3) is 0 Å². The number of hydrogen-bond acceptors (Lipinski definition) is 3. The molecule has 0 atom stereocenters.